The van der Waals surface area contributed by atoms with Gasteiger partial charge < -0.3 is 24.7 Å². The van der Waals surface area contributed by atoms with Gasteiger partial charge in [-0.05, 0) is 55.3 Å². The van der Waals surface area contributed by atoms with Crippen LogP contribution in [0.4, 0.5) is 10.1 Å². The minimum absolute atomic E-state index is 0.217. The SMILES string of the molecule is CCOC(=O)C1=CN(C(=O)c2ccc(F)cc2)CCc2c1[nH]c1cc(NCCN3CCOCC3)ccc21. The smallest absolute Gasteiger partial charge is 0.341 e. The molecule has 5 rings (SSSR count). The number of hydrogen-bond donors (Lipinski definition) is 2. The molecular weight excluding hydrogens is 475 g/mol. The summed E-state index contributed by atoms with van der Waals surface area (Å²) in [5, 5.41) is 4.49. The number of amides is 1. The molecular formula is C28H31FN4O4. The van der Waals surface area contributed by atoms with E-state index in [-0.39, 0.29) is 12.5 Å². The zero-order valence-corrected chi connectivity index (χ0v) is 20.9. The molecule has 2 N–H and O–H groups in total. The Kier molecular flexibility index (Phi) is 7.52. The first kappa shape index (κ1) is 25.0. The largest absolute Gasteiger partial charge is 0.462 e. The van der Waals surface area contributed by atoms with E-state index in [4.69, 9.17) is 9.47 Å². The number of hydrogen-bond acceptors (Lipinski definition) is 6. The molecule has 1 fully saturated rings. The summed E-state index contributed by atoms with van der Waals surface area (Å²) >= 11 is 0. The van der Waals surface area contributed by atoms with Gasteiger partial charge in [0.15, 0.2) is 0 Å². The van der Waals surface area contributed by atoms with E-state index in [1.807, 2.05) is 18.2 Å². The van der Waals surface area contributed by atoms with E-state index in [2.05, 4.69) is 15.2 Å². The molecule has 0 unspecified atom stereocenters. The number of ether oxygens (including phenoxy) is 2. The van der Waals surface area contributed by atoms with Crippen molar-refractivity contribution in [2.45, 2.75) is 13.3 Å². The zero-order valence-electron chi connectivity index (χ0n) is 20.9. The first-order valence-electron chi connectivity index (χ1n) is 12.7. The third-order valence-corrected chi connectivity index (χ3v) is 6.77. The van der Waals surface area contributed by atoms with Crippen LogP contribution in [0.3, 0.4) is 0 Å². The molecule has 1 saturated heterocycles. The van der Waals surface area contributed by atoms with E-state index in [1.165, 1.54) is 29.2 Å². The highest BCUT2D eigenvalue weighted by molar-refractivity contribution is 6.18. The molecule has 9 heteroatoms. The van der Waals surface area contributed by atoms with Crippen molar-refractivity contribution < 1.29 is 23.5 Å². The van der Waals surface area contributed by atoms with Crippen molar-refractivity contribution in [1.29, 1.82) is 0 Å². The average Bonchev–Trinajstić information content (AvgIpc) is 3.15. The van der Waals surface area contributed by atoms with E-state index in [0.717, 1.165) is 61.5 Å². The quantitative estimate of drug-likeness (QED) is 0.476. The van der Waals surface area contributed by atoms with Gasteiger partial charge in [-0.1, -0.05) is 6.07 Å². The number of halogens is 1. The van der Waals surface area contributed by atoms with Crippen LogP contribution in [0.25, 0.3) is 16.5 Å². The Bertz CT molecular complexity index is 1310. The maximum atomic E-state index is 13.4. The molecule has 2 aliphatic heterocycles. The summed E-state index contributed by atoms with van der Waals surface area (Å²) in [6.45, 7) is 7.57. The Morgan fingerprint density at radius 1 is 1.11 bits per heavy atom. The first-order chi connectivity index (χ1) is 18.0. The van der Waals surface area contributed by atoms with Gasteiger partial charge in [0, 0.05) is 61.1 Å². The van der Waals surface area contributed by atoms with E-state index in [0.29, 0.717) is 29.8 Å². The van der Waals surface area contributed by atoms with Gasteiger partial charge in [0.2, 0.25) is 0 Å². The number of H-pyrrole nitrogens is 1. The topological polar surface area (TPSA) is 86.9 Å². The predicted molar refractivity (Wildman–Crippen MR) is 140 cm³/mol. The summed E-state index contributed by atoms with van der Waals surface area (Å²) in [6, 6.07) is 11.5. The van der Waals surface area contributed by atoms with E-state index in [9.17, 15) is 14.0 Å². The molecule has 1 amide bonds. The number of fused-ring (bicyclic) bond motifs is 3. The van der Waals surface area contributed by atoms with Crippen molar-refractivity contribution in [3.05, 3.63) is 71.3 Å². The third-order valence-electron chi connectivity index (χ3n) is 6.77. The summed E-state index contributed by atoms with van der Waals surface area (Å²) in [4.78, 5) is 33.4. The van der Waals surface area contributed by atoms with Crippen LogP contribution in [0.2, 0.25) is 0 Å². The molecule has 0 saturated carbocycles. The highest BCUT2D eigenvalue weighted by atomic mass is 19.1. The second-order valence-electron chi connectivity index (χ2n) is 9.14. The standard InChI is InChI=1S/C28H31FN4O4/c1-2-37-28(35)24-18-33(27(34)19-3-5-20(29)6-4-19)11-9-23-22-8-7-21(17-25(22)31-26(23)24)30-10-12-32-13-15-36-16-14-32/h3-8,17-18,30-31H,2,9-16H2,1H3. The van der Waals surface area contributed by atoms with Crippen molar-refractivity contribution in [2.75, 3.05) is 57.9 Å². The molecule has 1 aromatic heterocycles. The lowest BCUT2D eigenvalue weighted by Gasteiger charge is -2.26. The summed E-state index contributed by atoms with van der Waals surface area (Å²) < 4.78 is 24.1. The molecule has 2 aliphatic rings. The Morgan fingerprint density at radius 2 is 1.89 bits per heavy atom. The van der Waals surface area contributed by atoms with Gasteiger partial charge in [0.1, 0.15) is 5.82 Å². The number of anilines is 1. The van der Waals surface area contributed by atoms with Crippen molar-refractivity contribution in [2.24, 2.45) is 0 Å². The molecule has 3 heterocycles. The van der Waals surface area contributed by atoms with Gasteiger partial charge in [0.05, 0.1) is 31.1 Å². The van der Waals surface area contributed by atoms with Crippen LogP contribution in [-0.2, 0) is 20.7 Å². The van der Waals surface area contributed by atoms with Crippen LogP contribution in [0.1, 0.15) is 28.5 Å². The van der Waals surface area contributed by atoms with Gasteiger partial charge in [-0.25, -0.2) is 9.18 Å². The fraction of sp³-hybridized carbons (Fsp3) is 0.357. The van der Waals surface area contributed by atoms with Gasteiger partial charge in [-0.2, -0.15) is 0 Å². The van der Waals surface area contributed by atoms with Crippen LogP contribution in [0.15, 0.2) is 48.7 Å². The van der Waals surface area contributed by atoms with Gasteiger partial charge in [0.25, 0.3) is 5.91 Å². The first-order valence-corrected chi connectivity index (χ1v) is 12.7. The number of morpholine rings is 1. The normalized spacial score (nSPS) is 16.2. The molecule has 0 bridgehead atoms. The minimum atomic E-state index is -0.502. The molecule has 0 spiro atoms. The fourth-order valence-electron chi connectivity index (χ4n) is 4.84. The lowest BCUT2D eigenvalue weighted by atomic mass is 10.0. The van der Waals surface area contributed by atoms with Crippen LogP contribution < -0.4 is 5.32 Å². The Morgan fingerprint density at radius 3 is 2.65 bits per heavy atom. The van der Waals surface area contributed by atoms with Gasteiger partial charge in [-0.15, -0.1) is 0 Å². The molecule has 8 nitrogen and oxygen atoms in total. The van der Waals surface area contributed by atoms with Gasteiger partial charge >= 0.3 is 5.97 Å². The Hall–Kier alpha value is -3.69. The van der Waals surface area contributed by atoms with Crippen molar-refractivity contribution in [3.8, 4) is 0 Å². The predicted octanol–water partition coefficient (Wildman–Crippen LogP) is 3.65. The zero-order chi connectivity index (χ0) is 25.8. The van der Waals surface area contributed by atoms with Gasteiger partial charge in [-0.3, -0.25) is 9.69 Å². The maximum absolute atomic E-state index is 13.4. The molecule has 0 atom stereocenters. The second kappa shape index (κ2) is 11.1. The lowest BCUT2D eigenvalue weighted by Crippen LogP contribution is -2.38. The molecule has 3 aromatic rings. The summed E-state index contributed by atoms with van der Waals surface area (Å²) in [6.07, 6.45) is 2.10. The monoisotopic (exact) mass is 506 g/mol. The number of aromatic amines is 1. The molecule has 0 aliphatic carbocycles. The van der Waals surface area contributed by atoms with E-state index >= 15 is 0 Å². The number of esters is 1. The number of benzene rings is 2. The number of carbonyl (C=O) groups excluding carboxylic acids is 2. The van der Waals surface area contributed by atoms with Crippen LogP contribution in [-0.4, -0.2) is 79.2 Å². The number of carbonyl (C=O) groups is 2. The molecule has 0 radical (unpaired) electrons. The van der Waals surface area contributed by atoms with Crippen LogP contribution in [0.5, 0.6) is 0 Å². The molecule has 2 aromatic carbocycles. The Balaban J connectivity index is 1.40. The third kappa shape index (κ3) is 5.52. The Labute approximate surface area is 215 Å². The average molecular weight is 507 g/mol. The number of nitrogens with zero attached hydrogens (tertiary/aromatic N) is 2. The van der Waals surface area contributed by atoms with Crippen LogP contribution in [0, 0.1) is 5.82 Å². The maximum Gasteiger partial charge on any atom is 0.341 e. The highest BCUT2D eigenvalue weighted by Gasteiger charge is 2.28. The number of aromatic nitrogens is 1. The summed E-state index contributed by atoms with van der Waals surface area (Å²) in [5.41, 5.74) is 4.17. The number of nitrogens with one attached hydrogen (secondary N) is 2. The molecule has 194 valence electrons. The van der Waals surface area contributed by atoms with E-state index < -0.39 is 11.8 Å². The number of rotatable bonds is 7. The minimum Gasteiger partial charge on any atom is -0.462 e. The fourth-order valence-corrected chi connectivity index (χ4v) is 4.84. The second-order valence-corrected chi connectivity index (χ2v) is 9.14. The van der Waals surface area contributed by atoms with E-state index in [1.54, 1.807) is 13.1 Å². The van der Waals surface area contributed by atoms with Crippen LogP contribution >= 0.6 is 0 Å². The van der Waals surface area contributed by atoms with Crippen molar-refractivity contribution >= 4 is 34.0 Å². The lowest BCUT2D eigenvalue weighted by molar-refractivity contribution is -0.136. The van der Waals surface area contributed by atoms with Crippen molar-refractivity contribution in [3.63, 3.8) is 0 Å². The highest BCUT2D eigenvalue weighted by Crippen LogP contribution is 2.33. The molecule has 37 heavy (non-hydrogen) atoms. The summed E-state index contributed by atoms with van der Waals surface area (Å²) in [5.74, 6) is -1.22. The summed E-state index contributed by atoms with van der Waals surface area (Å²) in [7, 11) is 0. The van der Waals surface area contributed by atoms with Crippen molar-refractivity contribution in [1.82, 2.24) is 14.8 Å².